The van der Waals surface area contributed by atoms with Gasteiger partial charge in [0.2, 0.25) is 0 Å². The zero-order valence-electron chi connectivity index (χ0n) is 12.2. The van der Waals surface area contributed by atoms with Crippen molar-refractivity contribution in [2.24, 2.45) is 0 Å². The molecule has 2 heterocycles. The summed E-state index contributed by atoms with van der Waals surface area (Å²) in [5, 5.41) is 22.9. The molecule has 1 amide bonds. The van der Waals surface area contributed by atoms with Crippen LogP contribution in [0.2, 0.25) is 0 Å². The van der Waals surface area contributed by atoms with E-state index in [1.807, 2.05) is 0 Å². The van der Waals surface area contributed by atoms with Gasteiger partial charge in [-0.2, -0.15) is 5.10 Å². The fourth-order valence-electron chi connectivity index (χ4n) is 2.13. The number of rotatable bonds is 2. The van der Waals surface area contributed by atoms with Crippen LogP contribution in [0.5, 0.6) is 0 Å². The van der Waals surface area contributed by atoms with E-state index >= 15 is 0 Å². The largest absolute Gasteiger partial charge is 0.478 e. The first-order chi connectivity index (χ1) is 9.67. The third-order valence-electron chi connectivity index (χ3n) is 3.10. The number of carboxylic acid groups (broad SMARTS) is 1. The highest BCUT2D eigenvalue weighted by Crippen LogP contribution is 2.24. The summed E-state index contributed by atoms with van der Waals surface area (Å²) in [5.74, 6) is -1.09. The maximum atomic E-state index is 12.0. The standard InChI is InChI=1S/C13H19N3O5/c1-13(2,3)21-12(20)15-6-9(10(17)7-15)16-5-8(4-14-16)11(18)19/h4-5,9-10,17H,6-7H2,1-3H3,(H,18,19)/t9-,10-/m1/s1. The molecule has 0 unspecified atom stereocenters. The normalized spacial score (nSPS) is 22.4. The van der Waals surface area contributed by atoms with Gasteiger partial charge in [0.15, 0.2) is 0 Å². The van der Waals surface area contributed by atoms with Crippen LogP contribution in [-0.2, 0) is 4.74 Å². The summed E-state index contributed by atoms with van der Waals surface area (Å²) in [7, 11) is 0. The molecule has 8 heteroatoms. The number of ether oxygens (including phenoxy) is 1. The van der Waals surface area contributed by atoms with E-state index in [1.54, 1.807) is 20.8 Å². The van der Waals surface area contributed by atoms with E-state index in [0.717, 1.165) is 0 Å². The van der Waals surface area contributed by atoms with E-state index in [0.29, 0.717) is 0 Å². The highest BCUT2D eigenvalue weighted by molar-refractivity contribution is 5.86. The zero-order valence-corrected chi connectivity index (χ0v) is 12.2. The number of aromatic nitrogens is 2. The molecule has 0 aliphatic carbocycles. The van der Waals surface area contributed by atoms with Crippen molar-refractivity contribution in [3.8, 4) is 0 Å². The smallest absolute Gasteiger partial charge is 0.410 e. The van der Waals surface area contributed by atoms with Gasteiger partial charge < -0.3 is 19.8 Å². The van der Waals surface area contributed by atoms with Crippen molar-refractivity contribution in [1.29, 1.82) is 0 Å². The van der Waals surface area contributed by atoms with Crippen molar-refractivity contribution in [2.45, 2.75) is 38.5 Å². The van der Waals surface area contributed by atoms with E-state index in [4.69, 9.17) is 9.84 Å². The summed E-state index contributed by atoms with van der Waals surface area (Å²) in [4.78, 5) is 24.2. The van der Waals surface area contributed by atoms with E-state index in [2.05, 4.69) is 5.10 Å². The van der Waals surface area contributed by atoms with Crippen LogP contribution >= 0.6 is 0 Å². The van der Waals surface area contributed by atoms with Crippen LogP contribution in [-0.4, -0.2) is 61.8 Å². The molecule has 1 aromatic heterocycles. The minimum absolute atomic E-state index is 0.0397. The van der Waals surface area contributed by atoms with Crippen LogP contribution < -0.4 is 0 Å². The lowest BCUT2D eigenvalue weighted by Crippen LogP contribution is -2.35. The lowest BCUT2D eigenvalue weighted by Gasteiger charge is -2.24. The van der Waals surface area contributed by atoms with Gasteiger partial charge in [-0.1, -0.05) is 0 Å². The Labute approximate surface area is 121 Å². The molecule has 116 valence electrons. The average Bonchev–Trinajstić information content (AvgIpc) is 2.92. The molecule has 1 aliphatic rings. The fraction of sp³-hybridized carbons (Fsp3) is 0.615. The lowest BCUT2D eigenvalue weighted by atomic mass is 10.2. The highest BCUT2D eigenvalue weighted by Gasteiger charge is 2.37. The summed E-state index contributed by atoms with van der Waals surface area (Å²) in [5.41, 5.74) is -0.569. The molecule has 0 saturated carbocycles. The van der Waals surface area contributed by atoms with Crippen LogP contribution in [0, 0.1) is 0 Å². The first kappa shape index (κ1) is 15.3. The number of carbonyl (C=O) groups is 2. The van der Waals surface area contributed by atoms with Gasteiger partial charge in [0, 0.05) is 12.7 Å². The summed E-state index contributed by atoms with van der Waals surface area (Å²) < 4.78 is 6.62. The Bertz CT molecular complexity index is 548. The second-order valence-corrected chi connectivity index (χ2v) is 6.03. The Balaban J connectivity index is 2.07. The summed E-state index contributed by atoms with van der Waals surface area (Å²) in [6.45, 7) is 5.64. The van der Waals surface area contributed by atoms with E-state index < -0.39 is 29.8 Å². The third kappa shape index (κ3) is 3.52. The molecule has 21 heavy (non-hydrogen) atoms. The number of carboxylic acids is 1. The minimum atomic E-state index is -1.09. The van der Waals surface area contributed by atoms with Gasteiger partial charge >= 0.3 is 12.1 Å². The Kier molecular flexibility index (Phi) is 3.91. The molecule has 0 radical (unpaired) electrons. The Morgan fingerprint density at radius 1 is 1.38 bits per heavy atom. The topological polar surface area (TPSA) is 105 Å². The van der Waals surface area contributed by atoms with E-state index in [-0.39, 0.29) is 18.7 Å². The van der Waals surface area contributed by atoms with E-state index in [1.165, 1.54) is 22.0 Å². The predicted octanol–water partition coefficient (Wildman–Crippen LogP) is 0.734. The SMILES string of the molecule is CC(C)(C)OC(=O)N1C[C@@H](O)[C@H](n2cc(C(=O)O)cn2)C1. The molecule has 0 spiro atoms. The molecule has 0 bridgehead atoms. The second-order valence-electron chi connectivity index (χ2n) is 6.03. The number of hydrogen-bond donors (Lipinski definition) is 2. The molecular formula is C13H19N3O5. The van der Waals surface area contributed by atoms with Gasteiger partial charge in [0.25, 0.3) is 0 Å². The molecule has 2 atom stereocenters. The van der Waals surface area contributed by atoms with Crippen LogP contribution in [0.1, 0.15) is 37.2 Å². The number of β-amino-alcohol motifs (C(OH)–C–C–N with tert-alkyl or cyclic N) is 1. The molecule has 1 aliphatic heterocycles. The van der Waals surface area contributed by atoms with Gasteiger partial charge in [-0.05, 0) is 20.8 Å². The van der Waals surface area contributed by atoms with E-state index in [9.17, 15) is 14.7 Å². The number of aliphatic hydroxyl groups excluding tert-OH is 1. The van der Waals surface area contributed by atoms with Crippen molar-refractivity contribution in [2.75, 3.05) is 13.1 Å². The number of aromatic carboxylic acids is 1. The van der Waals surface area contributed by atoms with Crippen LogP contribution in [0.4, 0.5) is 4.79 Å². The van der Waals surface area contributed by atoms with Crippen molar-refractivity contribution in [3.63, 3.8) is 0 Å². The number of aliphatic hydroxyl groups is 1. The minimum Gasteiger partial charge on any atom is -0.478 e. The number of hydrogen-bond acceptors (Lipinski definition) is 5. The van der Waals surface area contributed by atoms with Gasteiger partial charge in [0.1, 0.15) is 5.60 Å². The monoisotopic (exact) mass is 297 g/mol. The molecule has 1 aromatic rings. The number of likely N-dealkylation sites (tertiary alicyclic amines) is 1. The Morgan fingerprint density at radius 3 is 2.57 bits per heavy atom. The molecule has 2 rings (SSSR count). The summed E-state index contributed by atoms with van der Waals surface area (Å²) in [6.07, 6.45) is 1.23. The maximum absolute atomic E-state index is 12.0. The Morgan fingerprint density at radius 2 is 2.05 bits per heavy atom. The van der Waals surface area contributed by atoms with Crippen molar-refractivity contribution in [3.05, 3.63) is 18.0 Å². The Hall–Kier alpha value is -2.09. The van der Waals surface area contributed by atoms with Crippen LogP contribution in [0.3, 0.4) is 0 Å². The zero-order chi connectivity index (χ0) is 15.8. The van der Waals surface area contributed by atoms with Crippen LogP contribution in [0.25, 0.3) is 0 Å². The molecular weight excluding hydrogens is 278 g/mol. The fourth-order valence-corrected chi connectivity index (χ4v) is 2.13. The van der Waals surface area contributed by atoms with Gasteiger partial charge in [0.05, 0.1) is 30.5 Å². The number of nitrogens with zero attached hydrogens (tertiary/aromatic N) is 3. The van der Waals surface area contributed by atoms with Crippen molar-refractivity contribution in [1.82, 2.24) is 14.7 Å². The highest BCUT2D eigenvalue weighted by atomic mass is 16.6. The first-order valence-electron chi connectivity index (χ1n) is 6.61. The van der Waals surface area contributed by atoms with Gasteiger partial charge in [-0.3, -0.25) is 4.68 Å². The summed E-state index contributed by atoms with van der Waals surface area (Å²) >= 11 is 0. The van der Waals surface area contributed by atoms with Gasteiger partial charge in [-0.25, -0.2) is 9.59 Å². The quantitative estimate of drug-likeness (QED) is 0.834. The predicted molar refractivity (Wildman–Crippen MR) is 72.0 cm³/mol. The average molecular weight is 297 g/mol. The summed E-state index contributed by atoms with van der Waals surface area (Å²) in [6, 6.07) is -0.481. The maximum Gasteiger partial charge on any atom is 0.410 e. The molecule has 1 fully saturated rings. The first-order valence-corrected chi connectivity index (χ1v) is 6.61. The number of amides is 1. The van der Waals surface area contributed by atoms with Crippen molar-refractivity contribution >= 4 is 12.1 Å². The molecule has 0 aromatic carbocycles. The van der Waals surface area contributed by atoms with Crippen molar-refractivity contribution < 1.29 is 24.5 Å². The third-order valence-corrected chi connectivity index (χ3v) is 3.10. The molecule has 8 nitrogen and oxygen atoms in total. The lowest BCUT2D eigenvalue weighted by molar-refractivity contribution is 0.0269. The molecule has 1 saturated heterocycles. The van der Waals surface area contributed by atoms with Crippen LogP contribution in [0.15, 0.2) is 12.4 Å². The van der Waals surface area contributed by atoms with Gasteiger partial charge in [-0.15, -0.1) is 0 Å². The second kappa shape index (κ2) is 5.36. The molecule has 2 N–H and O–H groups in total. The number of carbonyl (C=O) groups excluding carboxylic acids is 1.